The van der Waals surface area contributed by atoms with Gasteiger partial charge in [0.15, 0.2) is 0 Å². The van der Waals surface area contributed by atoms with Gasteiger partial charge in [0.25, 0.3) is 0 Å². The van der Waals surface area contributed by atoms with Gasteiger partial charge in [0, 0.05) is 12.6 Å². The maximum atomic E-state index is 6.20. The molecule has 2 heteroatoms. The molecule has 2 unspecified atom stereocenters. The molecule has 21 heavy (non-hydrogen) atoms. The van der Waals surface area contributed by atoms with Gasteiger partial charge in [-0.2, -0.15) is 0 Å². The minimum Gasteiger partial charge on any atom is -0.329 e. The molecule has 2 atom stereocenters. The predicted molar refractivity (Wildman–Crippen MR) is 89.4 cm³/mol. The van der Waals surface area contributed by atoms with Gasteiger partial charge in [0.1, 0.15) is 0 Å². The molecule has 0 radical (unpaired) electrons. The molecule has 0 aromatic heterocycles. The largest absolute Gasteiger partial charge is 0.329 e. The molecule has 2 fully saturated rings. The Morgan fingerprint density at radius 1 is 1.14 bits per heavy atom. The predicted octanol–water partition coefficient (Wildman–Crippen LogP) is 4.08. The van der Waals surface area contributed by atoms with E-state index in [0.29, 0.717) is 6.04 Å². The zero-order chi connectivity index (χ0) is 14.7. The molecule has 1 aromatic carbocycles. The number of nitrogens with two attached hydrogens (primary N) is 1. The minimum absolute atomic E-state index is 0.428. The van der Waals surface area contributed by atoms with Gasteiger partial charge in [-0.05, 0) is 68.2 Å². The maximum absolute atomic E-state index is 6.20. The molecule has 2 nitrogen and oxygen atoms in total. The van der Waals surface area contributed by atoms with Crippen LogP contribution in [0.25, 0.3) is 0 Å². The van der Waals surface area contributed by atoms with E-state index in [1.165, 1.54) is 57.2 Å². The zero-order valence-electron chi connectivity index (χ0n) is 13.4. The third kappa shape index (κ3) is 3.49. The van der Waals surface area contributed by atoms with Gasteiger partial charge < -0.3 is 5.73 Å². The zero-order valence-corrected chi connectivity index (χ0v) is 13.4. The number of hydrogen-bond donors (Lipinski definition) is 1. The Labute approximate surface area is 129 Å². The quantitative estimate of drug-likeness (QED) is 0.884. The first kappa shape index (κ1) is 15.1. The van der Waals surface area contributed by atoms with Crippen molar-refractivity contribution in [2.24, 2.45) is 11.7 Å². The first-order valence-corrected chi connectivity index (χ1v) is 8.86. The third-order valence-corrected chi connectivity index (χ3v) is 5.50. The van der Waals surface area contributed by atoms with E-state index in [2.05, 4.69) is 36.1 Å². The van der Waals surface area contributed by atoms with Crippen LogP contribution in [-0.2, 0) is 0 Å². The Balaban J connectivity index is 1.78. The van der Waals surface area contributed by atoms with Crippen LogP contribution in [0.5, 0.6) is 0 Å². The lowest BCUT2D eigenvalue weighted by Crippen LogP contribution is -2.35. The summed E-state index contributed by atoms with van der Waals surface area (Å²) in [6, 6.07) is 9.48. The van der Waals surface area contributed by atoms with Gasteiger partial charge in [-0.1, -0.05) is 37.6 Å². The van der Waals surface area contributed by atoms with Crippen LogP contribution in [0.4, 0.5) is 0 Å². The molecule has 1 heterocycles. The van der Waals surface area contributed by atoms with Crippen LogP contribution in [0, 0.1) is 5.92 Å². The summed E-state index contributed by atoms with van der Waals surface area (Å²) in [5.74, 6) is 1.73. The Morgan fingerprint density at radius 2 is 1.95 bits per heavy atom. The second-order valence-electron chi connectivity index (χ2n) is 6.90. The molecule has 1 aliphatic heterocycles. The third-order valence-electron chi connectivity index (χ3n) is 5.50. The summed E-state index contributed by atoms with van der Waals surface area (Å²) in [5.41, 5.74) is 9.29. The first-order valence-electron chi connectivity index (χ1n) is 8.86. The lowest BCUT2D eigenvalue weighted by atomic mass is 9.95. The fourth-order valence-corrected chi connectivity index (χ4v) is 3.96. The van der Waals surface area contributed by atoms with E-state index >= 15 is 0 Å². The number of benzene rings is 1. The molecular weight excluding hydrogens is 256 g/mol. The molecule has 1 aliphatic carbocycles. The van der Waals surface area contributed by atoms with Gasteiger partial charge in [-0.15, -0.1) is 0 Å². The molecular formula is C19H30N2. The molecule has 1 aromatic rings. The van der Waals surface area contributed by atoms with Crippen molar-refractivity contribution in [3.05, 3.63) is 35.4 Å². The van der Waals surface area contributed by atoms with E-state index in [1.807, 2.05) is 0 Å². The van der Waals surface area contributed by atoms with E-state index in [-0.39, 0.29) is 0 Å². The van der Waals surface area contributed by atoms with Crippen LogP contribution >= 0.6 is 0 Å². The maximum Gasteiger partial charge on any atom is 0.0473 e. The summed E-state index contributed by atoms with van der Waals surface area (Å²) in [5, 5.41) is 0. The van der Waals surface area contributed by atoms with Gasteiger partial charge in [-0.3, -0.25) is 4.90 Å². The lowest BCUT2D eigenvalue weighted by molar-refractivity contribution is 0.206. The standard InChI is InChI=1S/C19H30N2/c1-2-15-6-5-12-21(13-11-15)19(14-20)18-8-4-3-7-17(18)16-9-10-16/h3-4,7-8,15-16,19H,2,5-6,9-14,20H2,1H3. The summed E-state index contributed by atoms with van der Waals surface area (Å²) < 4.78 is 0. The molecule has 0 spiro atoms. The van der Waals surface area contributed by atoms with Crippen molar-refractivity contribution >= 4 is 0 Å². The molecule has 3 rings (SSSR count). The van der Waals surface area contributed by atoms with Crippen LogP contribution < -0.4 is 5.73 Å². The molecule has 116 valence electrons. The Morgan fingerprint density at radius 3 is 2.67 bits per heavy atom. The number of nitrogens with zero attached hydrogens (tertiary/aromatic N) is 1. The van der Waals surface area contributed by atoms with Crippen molar-refractivity contribution in [2.45, 2.75) is 57.4 Å². The highest BCUT2D eigenvalue weighted by atomic mass is 15.2. The number of likely N-dealkylation sites (tertiary alicyclic amines) is 1. The highest BCUT2D eigenvalue weighted by Gasteiger charge is 2.30. The average Bonchev–Trinajstić information content (AvgIpc) is 3.36. The van der Waals surface area contributed by atoms with Crippen molar-refractivity contribution in [1.29, 1.82) is 0 Å². The van der Waals surface area contributed by atoms with Gasteiger partial charge in [0.2, 0.25) is 0 Å². The summed E-state index contributed by atoms with van der Waals surface area (Å²) in [4.78, 5) is 2.66. The SMILES string of the molecule is CCC1CCCN(C(CN)c2ccccc2C2CC2)CC1. The van der Waals surface area contributed by atoms with Crippen LogP contribution in [0.3, 0.4) is 0 Å². The first-order chi connectivity index (χ1) is 10.3. The molecule has 2 aliphatic rings. The second-order valence-corrected chi connectivity index (χ2v) is 6.90. The molecule has 1 saturated heterocycles. The van der Waals surface area contributed by atoms with Crippen LogP contribution in [0.2, 0.25) is 0 Å². The summed E-state index contributed by atoms with van der Waals surface area (Å²) >= 11 is 0. The highest BCUT2D eigenvalue weighted by molar-refractivity contribution is 5.35. The van der Waals surface area contributed by atoms with Crippen molar-refractivity contribution < 1.29 is 0 Å². The van der Waals surface area contributed by atoms with E-state index < -0.39 is 0 Å². The minimum atomic E-state index is 0.428. The molecule has 0 bridgehead atoms. The number of rotatable bonds is 5. The smallest absolute Gasteiger partial charge is 0.0473 e. The van der Waals surface area contributed by atoms with Gasteiger partial charge >= 0.3 is 0 Å². The summed E-state index contributed by atoms with van der Waals surface area (Å²) in [7, 11) is 0. The van der Waals surface area contributed by atoms with E-state index in [1.54, 1.807) is 5.56 Å². The normalized spacial score (nSPS) is 25.5. The van der Waals surface area contributed by atoms with Crippen molar-refractivity contribution in [3.8, 4) is 0 Å². The fraction of sp³-hybridized carbons (Fsp3) is 0.684. The summed E-state index contributed by atoms with van der Waals surface area (Å²) in [6.45, 7) is 5.53. The molecule has 0 amide bonds. The van der Waals surface area contributed by atoms with E-state index in [4.69, 9.17) is 5.73 Å². The van der Waals surface area contributed by atoms with Crippen LogP contribution in [0.15, 0.2) is 24.3 Å². The van der Waals surface area contributed by atoms with Crippen molar-refractivity contribution in [1.82, 2.24) is 4.90 Å². The highest BCUT2D eigenvalue weighted by Crippen LogP contribution is 2.43. The van der Waals surface area contributed by atoms with Crippen LogP contribution in [-0.4, -0.2) is 24.5 Å². The monoisotopic (exact) mass is 286 g/mol. The Hall–Kier alpha value is -0.860. The average molecular weight is 286 g/mol. The molecule has 2 N–H and O–H groups in total. The molecule has 1 saturated carbocycles. The fourth-order valence-electron chi connectivity index (χ4n) is 3.96. The number of hydrogen-bond acceptors (Lipinski definition) is 2. The topological polar surface area (TPSA) is 29.3 Å². The summed E-state index contributed by atoms with van der Waals surface area (Å²) in [6.07, 6.45) is 8.14. The lowest BCUT2D eigenvalue weighted by Gasteiger charge is -2.31. The Kier molecular flexibility index (Phi) is 4.97. The Bertz CT molecular complexity index is 453. The van der Waals surface area contributed by atoms with E-state index in [9.17, 15) is 0 Å². The van der Waals surface area contributed by atoms with Crippen molar-refractivity contribution in [3.63, 3.8) is 0 Å². The van der Waals surface area contributed by atoms with Gasteiger partial charge in [0.05, 0.1) is 0 Å². The van der Waals surface area contributed by atoms with Crippen molar-refractivity contribution in [2.75, 3.05) is 19.6 Å². The second kappa shape index (κ2) is 6.93. The van der Waals surface area contributed by atoms with E-state index in [0.717, 1.165) is 18.4 Å². The van der Waals surface area contributed by atoms with Gasteiger partial charge in [-0.25, -0.2) is 0 Å². The van der Waals surface area contributed by atoms with Crippen LogP contribution in [0.1, 0.15) is 68.5 Å².